The average Bonchev–Trinajstić information content (AvgIpc) is 2.47. The summed E-state index contributed by atoms with van der Waals surface area (Å²) >= 11 is 0. The molecular weight excluding hydrogens is 316 g/mol. The number of carbonyl (C=O) groups is 2. The van der Waals surface area contributed by atoms with Crippen LogP contribution in [-0.2, 0) is 14.6 Å². The van der Waals surface area contributed by atoms with Gasteiger partial charge in [0, 0.05) is 23.9 Å². The van der Waals surface area contributed by atoms with Gasteiger partial charge in [0.25, 0.3) is 0 Å². The number of nitrogens with one attached hydrogen (secondary N) is 1. The molecule has 0 aliphatic rings. The first-order chi connectivity index (χ1) is 10.8. The van der Waals surface area contributed by atoms with E-state index in [0.717, 1.165) is 0 Å². The zero-order valence-corrected chi connectivity index (χ0v) is 13.3. The van der Waals surface area contributed by atoms with Gasteiger partial charge >= 0.3 is 0 Å². The number of hydrogen-bond acceptors (Lipinski definition) is 5. The summed E-state index contributed by atoms with van der Waals surface area (Å²) in [4.78, 5) is 23.0. The normalized spacial score (nSPS) is 11.0. The third kappa shape index (κ3) is 4.40. The second kappa shape index (κ2) is 6.62. The van der Waals surface area contributed by atoms with Crippen molar-refractivity contribution in [1.29, 1.82) is 0 Å². The summed E-state index contributed by atoms with van der Waals surface area (Å²) in [5.41, 5.74) is 6.81. The second-order valence-electron chi connectivity index (χ2n) is 5.01. The molecule has 120 valence electrons. The van der Waals surface area contributed by atoms with Crippen LogP contribution < -0.4 is 11.1 Å². The third-order valence-corrected chi connectivity index (χ3v) is 4.72. The molecule has 0 bridgehead atoms. The standard InChI is InChI=1S/C16H16N2O4S/c1-11(19)18-14-6-8-15(9-7-14)23(21,22)10-16(20)12-2-4-13(17)5-3-12/h2-9H,10,17H2,1H3,(H,18,19). The molecule has 0 heterocycles. The maximum absolute atomic E-state index is 12.3. The lowest BCUT2D eigenvalue weighted by Crippen LogP contribution is -2.16. The predicted molar refractivity (Wildman–Crippen MR) is 88.0 cm³/mol. The van der Waals surface area contributed by atoms with Gasteiger partial charge in [-0.05, 0) is 48.5 Å². The minimum Gasteiger partial charge on any atom is -0.399 e. The first-order valence-corrected chi connectivity index (χ1v) is 8.42. The first-order valence-electron chi connectivity index (χ1n) is 6.77. The second-order valence-corrected chi connectivity index (χ2v) is 7.00. The Morgan fingerprint density at radius 3 is 2.09 bits per heavy atom. The van der Waals surface area contributed by atoms with E-state index in [0.29, 0.717) is 11.4 Å². The SMILES string of the molecule is CC(=O)Nc1ccc(S(=O)(=O)CC(=O)c2ccc(N)cc2)cc1. The highest BCUT2D eigenvalue weighted by Crippen LogP contribution is 2.17. The van der Waals surface area contributed by atoms with Crippen LogP contribution in [0.5, 0.6) is 0 Å². The molecule has 3 N–H and O–H groups in total. The zero-order valence-electron chi connectivity index (χ0n) is 12.4. The monoisotopic (exact) mass is 332 g/mol. The average molecular weight is 332 g/mol. The van der Waals surface area contributed by atoms with Crippen LogP contribution in [0, 0.1) is 0 Å². The molecule has 1 amide bonds. The van der Waals surface area contributed by atoms with Crippen molar-refractivity contribution < 1.29 is 18.0 Å². The summed E-state index contributed by atoms with van der Waals surface area (Å²) < 4.78 is 24.6. The van der Waals surface area contributed by atoms with E-state index in [1.165, 1.54) is 43.3 Å². The maximum atomic E-state index is 12.3. The summed E-state index contributed by atoms with van der Waals surface area (Å²) in [6, 6.07) is 11.7. The van der Waals surface area contributed by atoms with Crippen molar-refractivity contribution in [3.63, 3.8) is 0 Å². The number of sulfone groups is 1. The topological polar surface area (TPSA) is 106 Å². The summed E-state index contributed by atoms with van der Waals surface area (Å²) in [6.07, 6.45) is 0. The largest absolute Gasteiger partial charge is 0.399 e. The highest BCUT2D eigenvalue weighted by molar-refractivity contribution is 7.92. The predicted octanol–water partition coefficient (Wildman–Crippen LogP) is 1.88. The van der Waals surface area contributed by atoms with Crippen molar-refractivity contribution >= 4 is 32.9 Å². The molecule has 6 nitrogen and oxygen atoms in total. The van der Waals surface area contributed by atoms with Crippen LogP contribution in [0.4, 0.5) is 11.4 Å². The van der Waals surface area contributed by atoms with Gasteiger partial charge in [-0.1, -0.05) is 0 Å². The van der Waals surface area contributed by atoms with Crippen LogP contribution in [0.25, 0.3) is 0 Å². The number of anilines is 2. The molecule has 0 saturated heterocycles. The van der Waals surface area contributed by atoms with Crippen molar-refractivity contribution in [2.24, 2.45) is 0 Å². The number of ketones is 1. The molecule has 0 spiro atoms. The van der Waals surface area contributed by atoms with Gasteiger partial charge in [0.15, 0.2) is 15.6 Å². The van der Waals surface area contributed by atoms with Crippen LogP contribution in [0.3, 0.4) is 0 Å². The lowest BCUT2D eigenvalue weighted by Gasteiger charge is -2.06. The Morgan fingerprint density at radius 2 is 1.57 bits per heavy atom. The fraction of sp³-hybridized carbons (Fsp3) is 0.125. The lowest BCUT2D eigenvalue weighted by atomic mass is 10.1. The van der Waals surface area contributed by atoms with E-state index in [1.807, 2.05) is 0 Å². The number of Topliss-reactive ketones (excluding diaryl/α,β-unsaturated/α-hetero) is 1. The zero-order chi connectivity index (χ0) is 17.0. The van der Waals surface area contributed by atoms with Crippen molar-refractivity contribution in [2.75, 3.05) is 16.8 Å². The maximum Gasteiger partial charge on any atom is 0.221 e. The Hall–Kier alpha value is -2.67. The fourth-order valence-electron chi connectivity index (χ4n) is 1.96. The molecule has 7 heteroatoms. The molecule has 0 unspecified atom stereocenters. The van der Waals surface area contributed by atoms with Crippen LogP contribution in [0.2, 0.25) is 0 Å². The molecule has 23 heavy (non-hydrogen) atoms. The first kappa shape index (κ1) is 16.7. The molecule has 2 aromatic rings. The van der Waals surface area contributed by atoms with Crippen LogP contribution >= 0.6 is 0 Å². The Kier molecular flexibility index (Phi) is 4.80. The van der Waals surface area contributed by atoms with E-state index in [4.69, 9.17) is 5.73 Å². The molecule has 0 atom stereocenters. The van der Waals surface area contributed by atoms with Crippen molar-refractivity contribution in [1.82, 2.24) is 0 Å². The fourth-order valence-corrected chi connectivity index (χ4v) is 3.19. The van der Waals surface area contributed by atoms with Gasteiger partial charge in [-0.3, -0.25) is 9.59 Å². The van der Waals surface area contributed by atoms with Crippen LogP contribution in [0.1, 0.15) is 17.3 Å². The van der Waals surface area contributed by atoms with E-state index in [1.54, 1.807) is 12.1 Å². The minimum absolute atomic E-state index is 0.0235. The molecule has 0 saturated carbocycles. The molecule has 2 rings (SSSR count). The van der Waals surface area contributed by atoms with Gasteiger partial charge in [0.05, 0.1) is 4.90 Å². The van der Waals surface area contributed by atoms with Gasteiger partial charge in [0.1, 0.15) is 5.75 Å². The van der Waals surface area contributed by atoms with Crippen LogP contribution in [-0.4, -0.2) is 25.9 Å². The summed E-state index contributed by atoms with van der Waals surface area (Å²) in [5.74, 6) is -1.38. The molecule has 2 aromatic carbocycles. The molecule has 0 aromatic heterocycles. The Balaban J connectivity index is 2.16. The summed E-state index contributed by atoms with van der Waals surface area (Å²) in [6.45, 7) is 1.36. The van der Waals surface area contributed by atoms with Gasteiger partial charge in [-0.2, -0.15) is 0 Å². The Bertz CT molecular complexity index is 825. The third-order valence-electron chi connectivity index (χ3n) is 3.09. The Morgan fingerprint density at radius 1 is 1.00 bits per heavy atom. The highest BCUT2D eigenvalue weighted by Gasteiger charge is 2.20. The van der Waals surface area contributed by atoms with E-state index in [2.05, 4.69) is 5.32 Å². The summed E-state index contributed by atoms with van der Waals surface area (Å²) in [7, 11) is -3.76. The van der Waals surface area contributed by atoms with Crippen molar-refractivity contribution in [3.05, 3.63) is 54.1 Å². The van der Waals surface area contributed by atoms with Crippen molar-refractivity contribution in [3.8, 4) is 0 Å². The van der Waals surface area contributed by atoms with E-state index >= 15 is 0 Å². The molecule has 0 fully saturated rings. The molecule has 0 radical (unpaired) electrons. The molecular formula is C16H16N2O4S. The van der Waals surface area contributed by atoms with E-state index in [9.17, 15) is 18.0 Å². The number of nitrogen functional groups attached to an aromatic ring is 1. The lowest BCUT2D eigenvalue weighted by molar-refractivity contribution is -0.114. The summed E-state index contributed by atoms with van der Waals surface area (Å²) in [5, 5.41) is 2.54. The highest BCUT2D eigenvalue weighted by atomic mass is 32.2. The number of nitrogens with two attached hydrogens (primary N) is 1. The quantitative estimate of drug-likeness (QED) is 0.642. The van der Waals surface area contributed by atoms with Crippen LogP contribution in [0.15, 0.2) is 53.4 Å². The van der Waals surface area contributed by atoms with E-state index < -0.39 is 21.4 Å². The van der Waals surface area contributed by atoms with Gasteiger partial charge in [0.2, 0.25) is 5.91 Å². The number of amides is 1. The van der Waals surface area contributed by atoms with Crippen molar-refractivity contribution in [2.45, 2.75) is 11.8 Å². The molecule has 0 aliphatic carbocycles. The Labute approximate surface area is 134 Å². The number of benzene rings is 2. The van der Waals surface area contributed by atoms with Gasteiger partial charge in [-0.25, -0.2) is 8.42 Å². The smallest absolute Gasteiger partial charge is 0.221 e. The van der Waals surface area contributed by atoms with Gasteiger partial charge in [-0.15, -0.1) is 0 Å². The number of rotatable bonds is 5. The van der Waals surface area contributed by atoms with E-state index in [-0.39, 0.29) is 16.4 Å². The molecule has 0 aliphatic heterocycles. The number of carbonyl (C=O) groups excluding carboxylic acids is 2. The van der Waals surface area contributed by atoms with Gasteiger partial charge < -0.3 is 11.1 Å². The minimum atomic E-state index is -3.76. The number of hydrogen-bond donors (Lipinski definition) is 2.